The van der Waals surface area contributed by atoms with Crippen LogP contribution < -0.4 is 5.32 Å². The smallest absolute Gasteiger partial charge is 0.245 e. The molecule has 0 aliphatic carbocycles. The standard InChI is InChI=1S/C10H16N2O/c1-2-10(13)12-4-3-8-5-11-6-9(8)7-12/h2,8-9,11H,1,3-7H2. The molecule has 0 aromatic rings. The molecule has 2 rings (SSSR count). The summed E-state index contributed by atoms with van der Waals surface area (Å²) < 4.78 is 0. The van der Waals surface area contributed by atoms with Crippen LogP contribution in [0.1, 0.15) is 6.42 Å². The molecule has 72 valence electrons. The van der Waals surface area contributed by atoms with Crippen molar-refractivity contribution in [2.45, 2.75) is 6.42 Å². The Hall–Kier alpha value is -0.830. The lowest BCUT2D eigenvalue weighted by Crippen LogP contribution is -2.42. The Morgan fingerprint density at radius 2 is 2.23 bits per heavy atom. The zero-order chi connectivity index (χ0) is 9.26. The predicted octanol–water partition coefficient (Wildman–Crippen LogP) is 0.240. The summed E-state index contributed by atoms with van der Waals surface area (Å²) in [5.74, 6) is 1.57. The van der Waals surface area contributed by atoms with E-state index in [4.69, 9.17) is 0 Å². The van der Waals surface area contributed by atoms with Gasteiger partial charge in [0.15, 0.2) is 0 Å². The Kier molecular flexibility index (Phi) is 2.36. The molecule has 2 aliphatic heterocycles. The molecule has 3 heteroatoms. The highest BCUT2D eigenvalue weighted by molar-refractivity contribution is 5.87. The van der Waals surface area contributed by atoms with Gasteiger partial charge in [0, 0.05) is 13.1 Å². The third-order valence-electron chi connectivity index (χ3n) is 3.19. The van der Waals surface area contributed by atoms with Crippen molar-refractivity contribution in [3.05, 3.63) is 12.7 Å². The molecule has 2 atom stereocenters. The maximum atomic E-state index is 11.3. The first-order chi connectivity index (χ1) is 6.31. The van der Waals surface area contributed by atoms with E-state index in [1.54, 1.807) is 0 Å². The highest BCUT2D eigenvalue weighted by Crippen LogP contribution is 2.26. The number of hydrogen-bond donors (Lipinski definition) is 1. The van der Waals surface area contributed by atoms with Crippen LogP contribution in [0.4, 0.5) is 0 Å². The third-order valence-corrected chi connectivity index (χ3v) is 3.19. The minimum atomic E-state index is 0.0883. The summed E-state index contributed by atoms with van der Waals surface area (Å²) >= 11 is 0. The first-order valence-electron chi connectivity index (χ1n) is 4.93. The Labute approximate surface area is 78.8 Å². The van der Waals surface area contributed by atoms with Crippen LogP contribution in [-0.4, -0.2) is 37.0 Å². The maximum Gasteiger partial charge on any atom is 0.245 e. The van der Waals surface area contributed by atoms with E-state index in [1.165, 1.54) is 6.08 Å². The lowest BCUT2D eigenvalue weighted by molar-refractivity contribution is -0.128. The molecule has 0 aromatic heterocycles. The van der Waals surface area contributed by atoms with Crippen LogP contribution in [-0.2, 0) is 4.79 Å². The lowest BCUT2D eigenvalue weighted by Gasteiger charge is -2.33. The van der Waals surface area contributed by atoms with Gasteiger partial charge in [-0.05, 0) is 37.4 Å². The monoisotopic (exact) mass is 180 g/mol. The molecule has 2 aliphatic rings. The molecule has 0 radical (unpaired) electrons. The fraction of sp³-hybridized carbons (Fsp3) is 0.700. The van der Waals surface area contributed by atoms with Crippen molar-refractivity contribution in [3.63, 3.8) is 0 Å². The van der Waals surface area contributed by atoms with E-state index >= 15 is 0 Å². The fourth-order valence-corrected chi connectivity index (χ4v) is 2.36. The van der Waals surface area contributed by atoms with Gasteiger partial charge in [0.1, 0.15) is 0 Å². The Balaban J connectivity index is 1.96. The Morgan fingerprint density at radius 1 is 1.46 bits per heavy atom. The highest BCUT2D eigenvalue weighted by Gasteiger charge is 2.33. The minimum absolute atomic E-state index is 0.0883. The molecule has 0 bridgehead atoms. The molecule has 1 N–H and O–H groups in total. The molecule has 0 spiro atoms. The van der Waals surface area contributed by atoms with Gasteiger partial charge in [-0.25, -0.2) is 0 Å². The average Bonchev–Trinajstić information content (AvgIpc) is 2.63. The van der Waals surface area contributed by atoms with Gasteiger partial charge in [0.2, 0.25) is 5.91 Å². The minimum Gasteiger partial charge on any atom is -0.339 e. The van der Waals surface area contributed by atoms with Gasteiger partial charge in [-0.1, -0.05) is 6.58 Å². The van der Waals surface area contributed by atoms with Gasteiger partial charge in [-0.15, -0.1) is 0 Å². The molecule has 3 nitrogen and oxygen atoms in total. The molecule has 2 unspecified atom stereocenters. The molecule has 0 aromatic carbocycles. The molecular weight excluding hydrogens is 164 g/mol. The van der Waals surface area contributed by atoms with Gasteiger partial charge < -0.3 is 10.2 Å². The SMILES string of the molecule is C=CC(=O)N1CCC2CNCC2C1. The Morgan fingerprint density at radius 3 is 3.00 bits per heavy atom. The molecular formula is C10H16N2O. The van der Waals surface area contributed by atoms with E-state index in [2.05, 4.69) is 11.9 Å². The molecule has 0 saturated carbocycles. The number of carbonyl (C=O) groups excluding carboxylic acids is 1. The maximum absolute atomic E-state index is 11.3. The van der Waals surface area contributed by atoms with Crippen LogP contribution in [0.3, 0.4) is 0 Å². The van der Waals surface area contributed by atoms with Crippen LogP contribution >= 0.6 is 0 Å². The normalized spacial score (nSPS) is 32.8. The van der Waals surface area contributed by atoms with E-state index in [1.807, 2.05) is 4.90 Å². The van der Waals surface area contributed by atoms with Gasteiger partial charge in [0.25, 0.3) is 0 Å². The number of nitrogens with one attached hydrogen (secondary N) is 1. The van der Waals surface area contributed by atoms with Crippen molar-refractivity contribution in [2.24, 2.45) is 11.8 Å². The van der Waals surface area contributed by atoms with Gasteiger partial charge in [0.05, 0.1) is 0 Å². The summed E-state index contributed by atoms with van der Waals surface area (Å²) in [6.45, 7) is 7.56. The summed E-state index contributed by atoms with van der Waals surface area (Å²) in [5.41, 5.74) is 0. The van der Waals surface area contributed by atoms with Crippen LogP contribution in [0.2, 0.25) is 0 Å². The van der Waals surface area contributed by atoms with Crippen LogP contribution in [0.5, 0.6) is 0 Å². The first kappa shape index (κ1) is 8.75. The topological polar surface area (TPSA) is 32.3 Å². The van der Waals surface area contributed by atoms with Gasteiger partial charge in [-0.2, -0.15) is 0 Å². The Bertz CT molecular complexity index is 227. The first-order valence-corrected chi connectivity index (χ1v) is 4.93. The van der Waals surface area contributed by atoms with Gasteiger partial charge in [-0.3, -0.25) is 4.79 Å². The second-order valence-electron chi connectivity index (χ2n) is 3.96. The van der Waals surface area contributed by atoms with Crippen molar-refractivity contribution in [3.8, 4) is 0 Å². The summed E-state index contributed by atoms with van der Waals surface area (Å²) in [7, 11) is 0. The van der Waals surface area contributed by atoms with E-state index in [9.17, 15) is 4.79 Å². The van der Waals surface area contributed by atoms with Crippen molar-refractivity contribution >= 4 is 5.91 Å². The van der Waals surface area contributed by atoms with Crippen molar-refractivity contribution in [1.29, 1.82) is 0 Å². The number of carbonyl (C=O) groups is 1. The second kappa shape index (κ2) is 3.50. The average molecular weight is 180 g/mol. The number of fused-ring (bicyclic) bond motifs is 1. The predicted molar refractivity (Wildman–Crippen MR) is 51.2 cm³/mol. The number of likely N-dealkylation sites (tertiary alicyclic amines) is 1. The third kappa shape index (κ3) is 1.61. The number of nitrogens with zero attached hydrogens (tertiary/aromatic N) is 1. The summed E-state index contributed by atoms with van der Waals surface area (Å²) in [6.07, 6.45) is 2.57. The quantitative estimate of drug-likeness (QED) is 0.586. The number of amides is 1. The highest BCUT2D eigenvalue weighted by atomic mass is 16.2. The molecule has 1 amide bonds. The summed E-state index contributed by atoms with van der Waals surface area (Å²) in [4.78, 5) is 13.3. The molecule has 2 heterocycles. The summed E-state index contributed by atoms with van der Waals surface area (Å²) in [6, 6.07) is 0. The zero-order valence-corrected chi connectivity index (χ0v) is 7.83. The van der Waals surface area contributed by atoms with Crippen molar-refractivity contribution in [1.82, 2.24) is 10.2 Å². The second-order valence-corrected chi connectivity index (χ2v) is 3.96. The van der Waals surface area contributed by atoms with Crippen LogP contribution in [0.25, 0.3) is 0 Å². The van der Waals surface area contributed by atoms with E-state index in [0.717, 1.165) is 38.5 Å². The number of piperidine rings is 1. The van der Waals surface area contributed by atoms with Crippen LogP contribution in [0.15, 0.2) is 12.7 Å². The molecule has 2 saturated heterocycles. The van der Waals surface area contributed by atoms with Crippen molar-refractivity contribution < 1.29 is 4.79 Å². The number of rotatable bonds is 1. The number of hydrogen-bond acceptors (Lipinski definition) is 2. The van der Waals surface area contributed by atoms with Gasteiger partial charge >= 0.3 is 0 Å². The molecule has 13 heavy (non-hydrogen) atoms. The fourth-order valence-electron chi connectivity index (χ4n) is 2.36. The lowest BCUT2D eigenvalue weighted by atomic mass is 9.89. The van der Waals surface area contributed by atoms with Crippen LogP contribution in [0, 0.1) is 11.8 Å². The zero-order valence-electron chi connectivity index (χ0n) is 7.83. The van der Waals surface area contributed by atoms with E-state index < -0.39 is 0 Å². The summed E-state index contributed by atoms with van der Waals surface area (Å²) in [5, 5.41) is 3.38. The van der Waals surface area contributed by atoms with Crippen molar-refractivity contribution in [2.75, 3.05) is 26.2 Å². The molecule has 2 fully saturated rings. The largest absolute Gasteiger partial charge is 0.339 e. The van der Waals surface area contributed by atoms with E-state index in [-0.39, 0.29) is 5.91 Å². The van der Waals surface area contributed by atoms with E-state index in [0.29, 0.717) is 5.92 Å².